The molecule has 0 N–H and O–H groups in total. The van der Waals surface area contributed by atoms with Gasteiger partial charge in [-0.1, -0.05) is 42.5 Å². The molecule has 0 fully saturated rings. The lowest BCUT2D eigenvalue weighted by Crippen LogP contribution is -2.06. The molecule has 0 spiro atoms. The molecular weight excluding hydrogens is 286 g/mol. The highest BCUT2D eigenvalue weighted by Crippen LogP contribution is 2.31. The minimum absolute atomic E-state index is 0.724. The molecule has 2 aromatic carbocycles. The number of nitrogens with zero attached hydrogens (tertiary/aromatic N) is 3. The molecule has 4 nitrogen and oxygen atoms in total. The van der Waals surface area contributed by atoms with Gasteiger partial charge in [0.2, 0.25) is 0 Å². The Kier molecular flexibility index (Phi) is 4.43. The van der Waals surface area contributed by atoms with E-state index in [0.29, 0.717) is 0 Å². The van der Waals surface area contributed by atoms with E-state index in [4.69, 9.17) is 9.73 Å². The van der Waals surface area contributed by atoms with Gasteiger partial charge >= 0.3 is 0 Å². The fraction of sp³-hybridized carbons (Fsp3) is 0.105. The Balaban J connectivity index is 2.19. The molecule has 114 valence electrons. The summed E-state index contributed by atoms with van der Waals surface area (Å²) in [5.41, 5.74) is 4.29. The SMILES string of the molecule is COc1c(C)cccc1N=C(c1ccccc1)c1cnccn1. The van der Waals surface area contributed by atoms with Crippen molar-refractivity contribution in [1.29, 1.82) is 0 Å². The fourth-order valence-corrected chi connectivity index (χ4v) is 2.40. The van der Waals surface area contributed by atoms with Crippen LogP contribution >= 0.6 is 0 Å². The van der Waals surface area contributed by atoms with Crippen molar-refractivity contribution in [2.24, 2.45) is 4.99 Å². The largest absolute Gasteiger partial charge is 0.494 e. The highest BCUT2D eigenvalue weighted by molar-refractivity contribution is 6.12. The lowest BCUT2D eigenvalue weighted by Gasteiger charge is -2.10. The molecule has 0 unspecified atom stereocenters. The summed E-state index contributed by atoms with van der Waals surface area (Å²) < 4.78 is 5.51. The molecule has 0 saturated heterocycles. The first-order chi connectivity index (χ1) is 11.3. The van der Waals surface area contributed by atoms with Crippen molar-refractivity contribution in [2.45, 2.75) is 6.92 Å². The number of para-hydroxylation sites is 1. The Morgan fingerprint density at radius 2 is 1.83 bits per heavy atom. The number of aryl methyl sites for hydroxylation is 1. The molecule has 0 aliphatic heterocycles. The molecule has 4 heteroatoms. The Bertz CT molecular complexity index is 773. The molecule has 0 saturated carbocycles. The van der Waals surface area contributed by atoms with E-state index in [1.807, 2.05) is 55.5 Å². The van der Waals surface area contributed by atoms with Crippen LogP contribution in [0.4, 0.5) is 5.69 Å². The topological polar surface area (TPSA) is 47.4 Å². The van der Waals surface area contributed by atoms with Gasteiger partial charge in [0, 0.05) is 18.0 Å². The van der Waals surface area contributed by atoms with Crippen LogP contribution in [0.15, 0.2) is 72.1 Å². The summed E-state index contributed by atoms with van der Waals surface area (Å²) in [7, 11) is 1.66. The first kappa shape index (κ1) is 14.9. The number of hydrogen-bond donors (Lipinski definition) is 0. The lowest BCUT2D eigenvalue weighted by molar-refractivity contribution is 0.413. The van der Waals surface area contributed by atoms with E-state index in [0.717, 1.165) is 34.0 Å². The zero-order valence-electron chi connectivity index (χ0n) is 13.1. The van der Waals surface area contributed by atoms with Gasteiger partial charge in [-0.15, -0.1) is 0 Å². The number of ether oxygens (including phenoxy) is 1. The molecule has 1 heterocycles. The van der Waals surface area contributed by atoms with E-state index in [1.54, 1.807) is 25.7 Å². The zero-order chi connectivity index (χ0) is 16.1. The summed E-state index contributed by atoms with van der Waals surface area (Å²) >= 11 is 0. The Morgan fingerprint density at radius 1 is 1.00 bits per heavy atom. The molecule has 0 bridgehead atoms. The van der Waals surface area contributed by atoms with Gasteiger partial charge in [0.15, 0.2) is 0 Å². The van der Waals surface area contributed by atoms with Crippen molar-refractivity contribution in [3.63, 3.8) is 0 Å². The summed E-state index contributed by atoms with van der Waals surface area (Å²) in [5.74, 6) is 0.768. The number of aromatic nitrogens is 2. The average molecular weight is 303 g/mol. The summed E-state index contributed by atoms with van der Waals surface area (Å²) in [4.78, 5) is 13.4. The highest BCUT2D eigenvalue weighted by Gasteiger charge is 2.11. The van der Waals surface area contributed by atoms with Crippen LogP contribution in [0, 0.1) is 6.92 Å². The molecule has 1 aromatic heterocycles. The number of rotatable bonds is 4. The smallest absolute Gasteiger partial charge is 0.147 e. The van der Waals surface area contributed by atoms with Crippen molar-refractivity contribution in [1.82, 2.24) is 9.97 Å². The minimum Gasteiger partial charge on any atom is -0.494 e. The normalized spacial score (nSPS) is 11.3. The number of hydrogen-bond acceptors (Lipinski definition) is 4. The second-order valence-electron chi connectivity index (χ2n) is 5.04. The average Bonchev–Trinajstić information content (AvgIpc) is 2.61. The predicted octanol–water partition coefficient (Wildman–Crippen LogP) is 3.96. The van der Waals surface area contributed by atoms with Crippen molar-refractivity contribution < 1.29 is 4.74 Å². The van der Waals surface area contributed by atoms with Crippen LogP contribution in [-0.4, -0.2) is 22.8 Å². The Labute approximate surface area is 135 Å². The van der Waals surface area contributed by atoms with E-state index in [1.165, 1.54) is 0 Å². The van der Waals surface area contributed by atoms with E-state index in [9.17, 15) is 0 Å². The zero-order valence-corrected chi connectivity index (χ0v) is 13.1. The molecule has 23 heavy (non-hydrogen) atoms. The summed E-state index contributed by atoms with van der Waals surface area (Å²) in [6.07, 6.45) is 5.04. The van der Waals surface area contributed by atoms with E-state index in [-0.39, 0.29) is 0 Å². The summed E-state index contributed by atoms with van der Waals surface area (Å²) in [6, 6.07) is 15.9. The van der Waals surface area contributed by atoms with Gasteiger partial charge in [-0.05, 0) is 18.6 Å². The van der Waals surface area contributed by atoms with E-state index in [2.05, 4.69) is 9.97 Å². The lowest BCUT2D eigenvalue weighted by atomic mass is 10.1. The first-order valence-corrected chi connectivity index (χ1v) is 7.33. The number of methoxy groups -OCH3 is 1. The molecule has 0 radical (unpaired) electrons. The van der Waals surface area contributed by atoms with Gasteiger partial charge in [-0.25, -0.2) is 4.99 Å². The standard InChI is InChI=1S/C19H17N3O/c1-14-7-6-10-16(19(14)23-2)22-18(15-8-4-3-5-9-15)17-13-20-11-12-21-17/h3-13H,1-2H3. The molecule has 0 atom stereocenters. The van der Waals surface area contributed by atoms with Gasteiger partial charge in [0.1, 0.15) is 17.1 Å². The maximum Gasteiger partial charge on any atom is 0.147 e. The fourth-order valence-electron chi connectivity index (χ4n) is 2.40. The third-order valence-corrected chi connectivity index (χ3v) is 3.48. The van der Waals surface area contributed by atoms with Crippen LogP contribution in [0.2, 0.25) is 0 Å². The molecule has 0 amide bonds. The molecule has 3 aromatic rings. The van der Waals surface area contributed by atoms with Crippen LogP contribution in [0.25, 0.3) is 0 Å². The minimum atomic E-state index is 0.724. The molecule has 0 aliphatic rings. The van der Waals surface area contributed by atoms with Crippen LogP contribution in [0.1, 0.15) is 16.8 Å². The summed E-state index contributed by atoms with van der Waals surface area (Å²) in [6.45, 7) is 2.00. The van der Waals surface area contributed by atoms with Crippen LogP contribution < -0.4 is 4.74 Å². The number of aliphatic imine (C=N–C) groups is 1. The van der Waals surface area contributed by atoms with E-state index >= 15 is 0 Å². The third-order valence-electron chi connectivity index (χ3n) is 3.48. The van der Waals surface area contributed by atoms with Crippen molar-refractivity contribution in [3.8, 4) is 5.75 Å². The van der Waals surface area contributed by atoms with Crippen molar-refractivity contribution >= 4 is 11.4 Å². The van der Waals surface area contributed by atoms with Crippen LogP contribution in [0.5, 0.6) is 5.75 Å². The quantitative estimate of drug-likeness (QED) is 0.685. The van der Waals surface area contributed by atoms with Crippen LogP contribution in [-0.2, 0) is 0 Å². The van der Waals surface area contributed by atoms with Crippen LogP contribution in [0.3, 0.4) is 0 Å². The molecular formula is C19H17N3O. The second-order valence-corrected chi connectivity index (χ2v) is 5.04. The Hall–Kier alpha value is -3.01. The monoisotopic (exact) mass is 303 g/mol. The first-order valence-electron chi connectivity index (χ1n) is 7.33. The van der Waals surface area contributed by atoms with Crippen molar-refractivity contribution in [3.05, 3.63) is 83.9 Å². The van der Waals surface area contributed by atoms with Gasteiger partial charge in [-0.2, -0.15) is 0 Å². The predicted molar refractivity (Wildman–Crippen MR) is 91.5 cm³/mol. The van der Waals surface area contributed by atoms with Gasteiger partial charge < -0.3 is 4.74 Å². The summed E-state index contributed by atoms with van der Waals surface area (Å²) in [5, 5.41) is 0. The molecule has 0 aliphatic carbocycles. The Morgan fingerprint density at radius 3 is 2.52 bits per heavy atom. The maximum absolute atomic E-state index is 5.51. The maximum atomic E-state index is 5.51. The number of benzene rings is 2. The van der Waals surface area contributed by atoms with Gasteiger partial charge in [0.05, 0.1) is 19.0 Å². The third kappa shape index (κ3) is 3.26. The van der Waals surface area contributed by atoms with Gasteiger partial charge in [0.25, 0.3) is 0 Å². The van der Waals surface area contributed by atoms with Crippen molar-refractivity contribution in [2.75, 3.05) is 7.11 Å². The molecule has 3 rings (SSSR count). The van der Waals surface area contributed by atoms with E-state index < -0.39 is 0 Å². The van der Waals surface area contributed by atoms with Gasteiger partial charge in [-0.3, -0.25) is 9.97 Å². The second kappa shape index (κ2) is 6.83. The highest BCUT2D eigenvalue weighted by atomic mass is 16.5.